The zero-order chi connectivity index (χ0) is 18.4. The summed E-state index contributed by atoms with van der Waals surface area (Å²) in [4.78, 5) is 17.5. The highest BCUT2D eigenvalue weighted by Gasteiger charge is 2.10. The number of para-hydroxylation sites is 1. The maximum atomic E-state index is 12.1. The van der Waals surface area contributed by atoms with Gasteiger partial charge >= 0.3 is 0 Å². The van der Waals surface area contributed by atoms with Crippen LogP contribution in [0.5, 0.6) is 0 Å². The molecule has 0 saturated carbocycles. The molecule has 134 valence electrons. The number of halogens is 1. The lowest BCUT2D eigenvalue weighted by molar-refractivity contribution is -0.116. The molecule has 1 heterocycles. The van der Waals surface area contributed by atoms with Crippen LogP contribution in [-0.4, -0.2) is 22.3 Å². The number of hydrogen-bond donors (Lipinski definition) is 1. The van der Waals surface area contributed by atoms with Gasteiger partial charge in [-0.25, -0.2) is 0 Å². The van der Waals surface area contributed by atoms with Gasteiger partial charge < -0.3 is 9.84 Å². The number of carbonyl (C=O) groups is 1. The first-order valence-electron chi connectivity index (χ1n) is 8.17. The summed E-state index contributed by atoms with van der Waals surface area (Å²) in [7, 11) is 0. The Morgan fingerprint density at radius 2 is 1.96 bits per heavy atom. The minimum absolute atomic E-state index is 0.0241. The monoisotopic (exact) mass is 387 g/mol. The number of aromatic nitrogens is 2. The first kappa shape index (κ1) is 18.5. The number of rotatable bonds is 7. The Labute approximate surface area is 161 Å². The van der Waals surface area contributed by atoms with E-state index in [1.54, 1.807) is 23.9 Å². The Balaban J connectivity index is 1.50. The number of hydrogen-bond acceptors (Lipinski definition) is 5. The van der Waals surface area contributed by atoms with Gasteiger partial charge in [0.2, 0.25) is 17.6 Å². The van der Waals surface area contributed by atoms with Gasteiger partial charge in [0.1, 0.15) is 0 Å². The third-order valence-corrected chi connectivity index (χ3v) is 4.79. The Bertz CT molecular complexity index is 881. The topological polar surface area (TPSA) is 68.0 Å². The second kappa shape index (κ2) is 8.87. The number of amides is 1. The van der Waals surface area contributed by atoms with Crippen molar-refractivity contribution in [1.29, 1.82) is 0 Å². The van der Waals surface area contributed by atoms with Crippen molar-refractivity contribution in [3.63, 3.8) is 0 Å². The van der Waals surface area contributed by atoms with E-state index >= 15 is 0 Å². The van der Waals surface area contributed by atoms with Gasteiger partial charge in [0.25, 0.3) is 0 Å². The first-order valence-corrected chi connectivity index (χ1v) is 9.77. The van der Waals surface area contributed by atoms with Gasteiger partial charge in [-0.2, -0.15) is 4.98 Å². The van der Waals surface area contributed by atoms with Crippen LogP contribution in [0.3, 0.4) is 0 Å². The van der Waals surface area contributed by atoms with Gasteiger partial charge in [-0.3, -0.25) is 4.79 Å². The normalized spacial score (nSPS) is 10.7. The molecule has 0 aliphatic heterocycles. The molecule has 1 aromatic heterocycles. The van der Waals surface area contributed by atoms with Crippen molar-refractivity contribution >= 4 is 35.0 Å². The van der Waals surface area contributed by atoms with E-state index in [0.29, 0.717) is 36.0 Å². The molecule has 0 fully saturated rings. The first-order chi connectivity index (χ1) is 12.7. The lowest BCUT2D eigenvalue weighted by atomic mass is 10.2. The van der Waals surface area contributed by atoms with Crippen LogP contribution in [0.2, 0.25) is 5.02 Å². The molecule has 3 rings (SSSR count). The number of aryl methyl sites for hydroxylation is 1. The van der Waals surface area contributed by atoms with Crippen molar-refractivity contribution in [2.24, 2.45) is 0 Å². The molecule has 3 aromatic rings. The molecule has 0 aliphatic rings. The van der Waals surface area contributed by atoms with E-state index in [1.165, 1.54) is 0 Å². The van der Waals surface area contributed by atoms with Crippen LogP contribution in [0.25, 0.3) is 11.4 Å². The van der Waals surface area contributed by atoms with Gasteiger partial charge in [0.05, 0.1) is 5.69 Å². The largest absolute Gasteiger partial charge is 0.339 e. The third kappa shape index (κ3) is 4.86. The number of nitrogens with zero attached hydrogens (tertiary/aromatic N) is 2. The van der Waals surface area contributed by atoms with E-state index in [-0.39, 0.29) is 5.91 Å². The zero-order valence-corrected chi connectivity index (χ0v) is 15.8. The van der Waals surface area contributed by atoms with E-state index in [4.69, 9.17) is 16.1 Å². The molecule has 26 heavy (non-hydrogen) atoms. The molecule has 0 unspecified atom stereocenters. The number of benzene rings is 2. The standard InChI is InChI=1S/C19H18ClN3O2S/c1-26-16-6-3-2-5-15(16)21-17(24)7-4-8-18-22-19(23-25-18)13-9-11-14(20)12-10-13/h2-3,5-6,9-12H,4,7-8H2,1H3,(H,21,24). The Morgan fingerprint density at radius 3 is 2.73 bits per heavy atom. The Hall–Kier alpha value is -2.31. The van der Waals surface area contributed by atoms with Crippen LogP contribution in [0.4, 0.5) is 5.69 Å². The van der Waals surface area contributed by atoms with Gasteiger partial charge in [0, 0.05) is 28.3 Å². The van der Waals surface area contributed by atoms with Crippen LogP contribution in [-0.2, 0) is 11.2 Å². The Kier molecular flexibility index (Phi) is 6.30. The van der Waals surface area contributed by atoms with E-state index in [9.17, 15) is 4.79 Å². The maximum absolute atomic E-state index is 12.1. The number of thioether (sulfide) groups is 1. The van der Waals surface area contributed by atoms with E-state index in [1.807, 2.05) is 42.7 Å². The fraction of sp³-hybridized carbons (Fsp3) is 0.211. The molecule has 1 N–H and O–H groups in total. The zero-order valence-electron chi connectivity index (χ0n) is 14.2. The van der Waals surface area contributed by atoms with Crippen molar-refractivity contribution in [1.82, 2.24) is 10.1 Å². The number of carbonyl (C=O) groups excluding carboxylic acids is 1. The minimum atomic E-state index is -0.0241. The highest BCUT2D eigenvalue weighted by molar-refractivity contribution is 7.98. The number of anilines is 1. The summed E-state index contributed by atoms with van der Waals surface area (Å²) in [5.74, 6) is 1.02. The fourth-order valence-electron chi connectivity index (χ4n) is 2.43. The fourth-order valence-corrected chi connectivity index (χ4v) is 3.11. The van der Waals surface area contributed by atoms with Gasteiger partial charge in [0.15, 0.2) is 0 Å². The van der Waals surface area contributed by atoms with E-state index in [2.05, 4.69) is 15.5 Å². The molecule has 2 aromatic carbocycles. The summed E-state index contributed by atoms with van der Waals surface area (Å²) in [6.07, 6.45) is 3.56. The summed E-state index contributed by atoms with van der Waals surface area (Å²) in [5.41, 5.74) is 1.68. The quantitative estimate of drug-likeness (QED) is 0.573. The second-order valence-electron chi connectivity index (χ2n) is 5.62. The molecular formula is C19H18ClN3O2S. The smallest absolute Gasteiger partial charge is 0.226 e. The molecule has 0 spiro atoms. The summed E-state index contributed by atoms with van der Waals surface area (Å²) in [5, 5.41) is 7.58. The lowest BCUT2D eigenvalue weighted by Gasteiger charge is -2.08. The average molecular weight is 388 g/mol. The molecule has 1 amide bonds. The molecule has 0 saturated heterocycles. The lowest BCUT2D eigenvalue weighted by Crippen LogP contribution is -2.12. The van der Waals surface area contributed by atoms with E-state index < -0.39 is 0 Å². The predicted molar refractivity (Wildman–Crippen MR) is 105 cm³/mol. The van der Waals surface area contributed by atoms with Crippen LogP contribution in [0, 0.1) is 0 Å². The van der Waals surface area contributed by atoms with Crippen LogP contribution in [0.15, 0.2) is 57.9 Å². The number of nitrogens with one attached hydrogen (secondary N) is 1. The summed E-state index contributed by atoms with van der Waals surface area (Å²) in [6, 6.07) is 15.0. The highest BCUT2D eigenvalue weighted by atomic mass is 35.5. The van der Waals surface area contributed by atoms with E-state index in [0.717, 1.165) is 16.1 Å². The average Bonchev–Trinajstić information content (AvgIpc) is 3.11. The molecule has 7 heteroatoms. The van der Waals surface area contributed by atoms with Gasteiger partial charge in [-0.15, -0.1) is 11.8 Å². The van der Waals surface area contributed by atoms with Crippen LogP contribution >= 0.6 is 23.4 Å². The van der Waals surface area contributed by atoms with Gasteiger partial charge in [-0.1, -0.05) is 28.9 Å². The SMILES string of the molecule is CSc1ccccc1NC(=O)CCCc1nc(-c2ccc(Cl)cc2)no1. The van der Waals surface area contributed by atoms with Crippen molar-refractivity contribution in [3.8, 4) is 11.4 Å². The third-order valence-electron chi connectivity index (χ3n) is 3.75. The molecule has 0 bridgehead atoms. The second-order valence-corrected chi connectivity index (χ2v) is 6.91. The molecular weight excluding hydrogens is 370 g/mol. The highest BCUT2D eigenvalue weighted by Crippen LogP contribution is 2.25. The molecule has 0 radical (unpaired) electrons. The molecule has 5 nitrogen and oxygen atoms in total. The summed E-state index contributed by atoms with van der Waals surface area (Å²) >= 11 is 7.48. The summed E-state index contributed by atoms with van der Waals surface area (Å²) in [6.45, 7) is 0. The maximum Gasteiger partial charge on any atom is 0.226 e. The Morgan fingerprint density at radius 1 is 1.19 bits per heavy atom. The van der Waals surface area contributed by atoms with Crippen molar-refractivity contribution < 1.29 is 9.32 Å². The van der Waals surface area contributed by atoms with Crippen molar-refractivity contribution in [2.45, 2.75) is 24.2 Å². The predicted octanol–water partition coefficient (Wildman–Crippen LogP) is 5.07. The van der Waals surface area contributed by atoms with Crippen LogP contribution < -0.4 is 5.32 Å². The van der Waals surface area contributed by atoms with Crippen molar-refractivity contribution in [2.75, 3.05) is 11.6 Å². The molecule has 0 atom stereocenters. The van der Waals surface area contributed by atoms with Crippen molar-refractivity contribution in [3.05, 3.63) is 59.4 Å². The van der Waals surface area contributed by atoms with Crippen LogP contribution in [0.1, 0.15) is 18.7 Å². The summed E-state index contributed by atoms with van der Waals surface area (Å²) < 4.78 is 5.26. The minimum Gasteiger partial charge on any atom is -0.339 e. The van der Waals surface area contributed by atoms with Gasteiger partial charge in [-0.05, 0) is 49.1 Å². The molecule has 0 aliphatic carbocycles.